The lowest BCUT2D eigenvalue weighted by molar-refractivity contribution is -0.123. The summed E-state index contributed by atoms with van der Waals surface area (Å²) in [5, 5.41) is 13.9. The van der Waals surface area contributed by atoms with Gasteiger partial charge in [0.25, 0.3) is 0 Å². The zero-order chi connectivity index (χ0) is 17.8. The van der Waals surface area contributed by atoms with Crippen LogP contribution in [-0.2, 0) is 11.3 Å². The number of rotatable bonds is 4. The summed E-state index contributed by atoms with van der Waals surface area (Å²) in [6, 6.07) is 15.3. The van der Waals surface area contributed by atoms with Gasteiger partial charge in [0, 0.05) is 18.1 Å². The number of benzene rings is 2. The number of amides is 1. The molecule has 0 aromatic heterocycles. The molecule has 0 fully saturated rings. The molecule has 2 N–H and O–H groups in total. The van der Waals surface area contributed by atoms with Crippen molar-refractivity contribution in [3.63, 3.8) is 0 Å². The van der Waals surface area contributed by atoms with E-state index in [1.165, 1.54) is 0 Å². The van der Waals surface area contributed by atoms with E-state index in [0.717, 1.165) is 16.7 Å². The van der Waals surface area contributed by atoms with Crippen LogP contribution in [0.15, 0.2) is 48.5 Å². The standard InChI is InChI=1S/C20H23ClN2O2/c1-14(16-7-4-5-9-18(16)21)22-20(25)13-23-11-10-19(24)17-8-3-2-6-15(17)12-23/h2-9,14,19,24H,10-13H2,1H3,(H,22,25)/t14-,19+/m1/s1. The summed E-state index contributed by atoms with van der Waals surface area (Å²) >= 11 is 6.20. The quantitative estimate of drug-likeness (QED) is 0.880. The zero-order valence-corrected chi connectivity index (χ0v) is 15.0. The number of hydrogen-bond donors (Lipinski definition) is 2. The Morgan fingerprint density at radius 2 is 2.00 bits per heavy atom. The summed E-state index contributed by atoms with van der Waals surface area (Å²) in [5.74, 6) is -0.0405. The second-order valence-electron chi connectivity index (χ2n) is 6.52. The second-order valence-corrected chi connectivity index (χ2v) is 6.93. The van der Waals surface area contributed by atoms with Crippen molar-refractivity contribution in [1.82, 2.24) is 10.2 Å². The molecule has 2 aromatic rings. The summed E-state index contributed by atoms with van der Waals surface area (Å²) in [7, 11) is 0. The van der Waals surface area contributed by atoms with Crippen molar-refractivity contribution >= 4 is 17.5 Å². The first-order valence-corrected chi connectivity index (χ1v) is 8.94. The highest BCUT2D eigenvalue weighted by Gasteiger charge is 2.22. The Balaban J connectivity index is 1.63. The number of halogens is 1. The fourth-order valence-electron chi connectivity index (χ4n) is 3.31. The number of aliphatic hydroxyl groups is 1. The molecule has 2 atom stereocenters. The molecule has 4 nitrogen and oxygen atoms in total. The number of aliphatic hydroxyl groups excluding tert-OH is 1. The van der Waals surface area contributed by atoms with Crippen molar-refractivity contribution in [2.45, 2.75) is 32.0 Å². The fourth-order valence-corrected chi connectivity index (χ4v) is 3.61. The Kier molecular flexibility index (Phi) is 5.74. The Morgan fingerprint density at radius 1 is 1.28 bits per heavy atom. The molecule has 0 saturated heterocycles. The summed E-state index contributed by atoms with van der Waals surface area (Å²) in [6.07, 6.45) is 0.163. The zero-order valence-electron chi connectivity index (χ0n) is 14.3. The normalized spacial score (nSPS) is 18.9. The lowest BCUT2D eigenvalue weighted by atomic mass is 10.0. The van der Waals surface area contributed by atoms with Crippen LogP contribution in [0.5, 0.6) is 0 Å². The molecule has 0 spiro atoms. The van der Waals surface area contributed by atoms with Gasteiger partial charge in [-0.05, 0) is 36.1 Å². The maximum absolute atomic E-state index is 12.5. The van der Waals surface area contributed by atoms with Crippen LogP contribution in [0.2, 0.25) is 5.02 Å². The molecule has 1 heterocycles. The molecule has 0 bridgehead atoms. The first kappa shape index (κ1) is 17.9. The van der Waals surface area contributed by atoms with Gasteiger partial charge in [0.05, 0.1) is 18.7 Å². The molecular formula is C20H23ClN2O2. The molecule has 132 valence electrons. The van der Waals surface area contributed by atoms with Crippen molar-refractivity contribution < 1.29 is 9.90 Å². The molecule has 25 heavy (non-hydrogen) atoms. The van der Waals surface area contributed by atoms with E-state index in [4.69, 9.17) is 11.6 Å². The summed E-state index contributed by atoms with van der Waals surface area (Å²) in [5.41, 5.74) is 2.96. The first-order valence-electron chi connectivity index (χ1n) is 8.56. The molecule has 0 unspecified atom stereocenters. The van der Waals surface area contributed by atoms with Gasteiger partial charge in [0.15, 0.2) is 0 Å². The lowest BCUT2D eigenvalue weighted by Gasteiger charge is -2.22. The van der Waals surface area contributed by atoms with E-state index in [1.54, 1.807) is 0 Å². The van der Waals surface area contributed by atoms with E-state index in [2.05, 4.69) is 10.2 Å². The van der Waals surface area contributed by atoms with Crippen LogP contribution in [0.25, 0.3) is 0 Å². The van der Waals surface area contributed by atoms with E-state index in [-0.39, 0.29) is 11.9 Å². The fraction of sp³-hybridized carbons (Fsp3) is 0.350. The maximum Gasteiger partial charge on any atom is 0.234 e. The van der Waals surface area contributed by atoms with Crippen molar-refractivity contribution in [2.75, 3.05) is 13.1 Å². The highest BCUT2D eigenvalue weighted by molar-refractivity contribution is 6.31. The van der Waals surface area contributed by atoms with Crippen LogP contribution in [-0.4, -0.2) is 29.0 Å². The molecule has 1 amide bonds. The average molecular weight is 359 g/mol. The summed E-state index contributed by atoms with van der Waals surface area (Å²) in [4.78, 5) is 14.5. The number of hydrogen-bond acceptors (Lipinski definition) is 3. The molecule has 0 saturated carbocycles. The molecule has 2 aromatic carbocycles. The predicted molar refractivity (Wildman–Crippen MR) is 99.3 cm³/mol. The predicted octanol–water partition coefficient (Wildman–Crippen LogP) is 3.46. The third kappa shape index (κ3) is 4.40. The molecule has 5 heteroatoms. The largest absolute Gasteiger partial charge is 0.388 e. The van der Waals surface area contributed by atoms with Crippen molar-refractivity contribution in [3.05, 3.63) is 70.2 Å². The minimum Gasteiger partial charge on any atom is -0.388 e. The van der Waals surface area contributed by atoms with Crippen LogP contribution < -0.4 is 5.32 Å². The van der Waals surface area contributed by atoms with Crippen LogP contribution in [0.4, 0.5) is 0 Å². The van der Waals surface area contributed by atoms with Gasteiger partial charge in [-0.3, -0.25) is 9.69 Å². The number of carbonyl (C=O) groups is 1. The molecule has 0 aliphatic carbocycles. The number of nitrogens with zero attached hydrogens (tertiary/aromatic N) is 1. The Labute approximate surface area is 153 Å². The highest BCUT2D eigenvalue weighted by Crippen LogP contribution is 2.26. The van der Waals surface area contributed by atoms with Gasteiger partial charge >= 0.3 is 0 Å². The van der Waals surface area contributed by atoms with E-state index >= 15 is 0 Å². The van der Waals surface area contributed by atoms with E-state index < -0.39 is 6.10 Å². The molecule has 1 aliphatic rings. The monoisotopic (exact) mass is 358 g/mol. The Bertz CT molecular complexity index is 750. The highest BCUT2D eigenvalue weighted by atomic mass is 35.5. The molecular weight excluding hydrogens is 336 g/mol. The van der Waals surface area contributed by atoms with Crippen LogP contribution in [0, 0.1) is 0 Å². The topological polar surface area (TPSA) is 52.6 Å². The van der Waals surface area contributed by atoms with Gasteiger partial charge in [-0.2, -0.15) is 0 Å². The van der Waals surface area contributed by atoms with Gasteiger partial charge in [-0.15, -0.1) is 0 Å². The first-order chi connectivity index (χ1) is 12.0. The lowest BCUT2D eigenvalue weighted by Crippen LogP contribution is -2.38. The Hall–Kier alpha value is -1.88. The van der Waals surface area contributed by atoms with Gasteiger partial charge in [0.2, 0.25) is 5.91 Å². The van der Waals surface area contributed by atoms with Gasteiger partial charge < -0.3 is 10.4 Å². The number of carbonyl (C=O) groups excluding carboxylic acids is 1. The van der Waals surface area contributed by atoms with Crippen molar-refractivity contribution in [1.29, 1.82) is 0 Å². The SMILES string of the molecule is C[C@@H](NC(=O)CN1CC[C@H](O)c2ccccc2C1)c1ccccc1Cl. The molecule has 1 aliphatic heterocycles. The second kappa shape index (κ2) is 8.00. The van der Waals surface area contributed by atoms with Gasteiger partial charge in [-0.25, -0.2) is 0 Å². The van der Waals surface area contributed by atoms with Gasteiger partial charge in [0.1, 0.15) is 0 Å². The van der Waals surface area contributed by atoms with E-state index in [1.807, 2.05) is 55.5 Å². The van der Waals surface area contributed by atoms with Gasteiger partial charge in [-0.1, -0.05) is 54.1 Å². The minimum atomic E-state index is -0.466. The van der Waals surface area contributed by atoms with Crippen LogP contribution in [0.1, 0.15) is 42.2 Å². The molecule has 0 radical (unpaired) electrons. The Morgan fingerprint density at radius 3 is 2.80 bits per heavy atom. The van der Waals surface area contributed by atoms with E-state index in [0.29, 0.717) is 31.1 Å². The van der Waals surface area contributed by atoms with Crippen LogP contribution in [0.3, 0.4) is 0 Å². The van der Waals surface area contributed by atoms with Crippen LogP contribution >= 0.6 is 11.6 Å². The summed E-state index contributed by atoms with van der Waals surface area (Å²) < 4.78 is 0. The number of nitrogens with one attached hydrogen (secondary N) is 1. The smallest absolute Gasteiger partial charge is 0.234 e. The van der Waals surface area contributed by atoms with E-state index in [9.17, 15) is 9.90 Å². The third-order valence-corrected chi connectivity index (χ3v) is 4.99. The number of fused-ring (bicyclic) bond motifs is 1. The molecule has 3 rings (SSSR count). The van der Waals surface area contributed by atoms with Crippen molar-refractivity contribution in [3.8, 4) is 0 Å². The average Bonchev–Trinajstić information content (AvgIpc) is 2.74. The van der Waals surface area contributed by atoms with Crippen molar-refractivity contribution in [2.24, 2.45) is 0 Å². The summed E-state index contributed by atoms with van der Waals surface area (Å²) in [6.45, 7) is 3.58. The maximum atomic E-state index is 12.5. The minimum absolute atomic E-state index is 0.0405. The third-order valence-electron chi connectivity index (χ3n) is 4.64.